The van der Waals surface area contributed by atoms with Crippen LogP contribution in [0, 0.1) is 11.3 Å². The highest BCUT2D eigenvalue weighted by atomic mass is 16.5. The van der Waals surface area contributed by atoms with Crippen LogP contribution in [0.15, 0.2) is 48.5 Å². The molecule has 2 heterocycles. The van der Waals surface area contributed by atoms with Crippen molar-refractivity contribution in [1.82, 2.24) is 4.90 Å². The lowest BCUT2D eigenvalue weighted by Gasteiger charge is -2.33. The van der Waals surface area contributed by atoms with Crippen molar-refractivity contribution < 1.29 is 14.3 Å². The average Bonchev–Trinajstić information content (AvgIpc) is 3.29. The molecule has 0 radical (unpaired) electrons. The SMILES string of the molecule is N#Cc1ccc(-c2ccc(OC3CCN(C(=O)[C@H]4CCCO4)CC3)cc2)cc1. The molecule has 0 N–H and O–H groups in total. The van der Waals surface area contributed by atoms with E-state index in [4.69, 9.17) is 14.7 Å². The van der Waals surface area contributed by atoms with E-state index < -0.39 is 0 Å². The third-order valence-electron chi connectivity index (χ3n) is 5.46. The van der Waals surface area contributed by atoms with Crippen LogP contribution in [0.2, 0.25) is 0 Å². The molecule has 5 nitrogen and oxygen atoms in total. The predicted molar refractivity (Wildman–Crippen MR) is 106 cm³/mol. The van der Waals surface area contributed by atoms with Gasteiger partial charge in [0, 0.05) is 32.5 Å². The zero-order valence-electron chi connectivity index (χ0n) is 15.8. The first-order valence-electron chi connectivity index (χ1n) is 9.90. The molecule has 0 spiro atoms. The highest BCUT2D eigenvalue weighted by molar-refractivity contribution is 5.81. The maximum absolute atomic E-state index is 12.4. The predicted octanol–water partition coefficient (Wildman–Crippen LogP) is 3.77. The van der Waals surface area contributed by atoms with Crippen molar-refractivity contribution in [1.29, 1.82) is 5.26 Å². The van der Waals surface area contributed by atoms with Crippen molar-refractivity contribution in [2.75, 3.05) is 19.7 Å². The molecule has 0 unspecified atom stereocenters. The first kappa shape index (κ1) is 18.5. The monoisotopic (exact) mass is 376 g/mol. The summed E-state index contributed by atoms with van der Waals surface area (Å²) in [5, 5.41) is 8.90. The standard InChI is InChI=1S/C23H24N2O3/c24-16-17-3-5-18(6-4-17)19-7-9-20(10-8-19)28-21-11-13-25(14-12-21)23(26)22-2-1-15-27-22/h3-10,21-22H,1-2,11-15H2/t22-/m1/s1. The smallest absolute Gasteiger partial charge is 0.251 e. The molecule has 1 amide bonds. The van der Waals surface area contributed by atoms with Gasteiger partial charge in [0.2, 0.25) is 0 Å². The van der Waals surface area contributed by atoms with Gasteiger partial charge in [-0.2, -0.15) is 5.26 Å². The Morgan fingerprint density at radius 2 is 1.64 bits per heavy atom. The molecule has 144 valence electrons. The van der Waals surface area contributed by atoms with Crippen LogP contribution in [-0.2, 0) is 9.53 Å². The first-order chi connectivity index (χ1) is 13.7. The number of carbonyl (C=O) groups is 1. The van der Waals surface area contributed by atoms with Gasteiger partial charge >= 0.3 is 0 Å². The number of piperidine rings is 1. The minimum absolute atomic E-state index is 0.134. The maximum Gasteiger partial charge on any atom is 0.251 e. The highest BCUT2D eigenvalue weighted by Crippen LogP contribution is 2.25. The molecular weight excluding hydrogens is 352 g/mol. The molecule has 0 aliphatic carbocycles. The van der Waals surface area contributed by atoms with Crippen molar-refractivity contribution in [2.24, 2.45) is 0 Å². The minimum Gasteiger partial charge on any atom is -0.490 e. The molecule has 2 aliphatic heterocycles. The van der Waals surface area contributed by atoms with E-state index in [-0.39, 0.29) is 18.1 Å². The average molecular weight is 376 g/mol. The highest BCUT2D eigenvalue weighted by Gasteiger charge is 2.31. The van der Waals surface area contributed by atoms with Crippen LogP contribution in [0.4, 0.5) is 0 Å². The largest absolute Gasteiger partial charge is 0.490 e. The van der Waals surface area contributed by atoms with Crippen LogP contribution >= 0.6 is 0 Å². The summed E-state index contributed by atoms with van der Waals surface area (Å²) in [7, 11) is 0. The zero-order chi connectivity index (χ0) is 19.3. The van der Waals surface area contributed by atoms with Crippen LogP contribution < -0.4 is 4.74 Å². The third-order valence-corrected chi connectivity index (χ3v) is 5.46. The molecule has 4 rings (SSSR count). The van der Waals surface area contributed by atoms with E-state index in [0.717, 1.165) is 55.6 Å². The number of nitrogens with zero attached hydrogens (tertiary/aromatic N) is 2. The Morgan fingerprint density at radius 1 is 1.00 bits per heavy atom. The van der Waals surface area contributed by atoms with Crippen molar-refractivity contribution in [3.05, 3.63) is 54.1 Å². The van der Waals surface area contributed by atoms with E-state index in [0.29, 0.717) is 12.2 Å². The van der Waals surface area contributed by atoms with Gasteiger partial charge in [-0.25, -0.2) is 0 Å². The Labute approximate surface area is 165 Å². The Hall–Kier alpha value is -2.84. The second-order valence-corrected chi connectivity index (χ2v) is 7.36. The number of rotatable bonds is 4. The fourth-order valence-electron chi connectivity index (χ4n) is 3.83. The number of amides is 1. The summed E-state index contributed by atoms with van der Waals surface area (Å²) in [6, 6.07) is 17.7. The molecule has 1 atom stereocenters. The Bertz CT molecular complexity index is 841. The Morgan fingerprint density at radius 3 is 2.21 bits per heavy atom. The lowest BCUT2D eigenvalue weighted by atomic mass is 10.0. The first-order valence-corrected chi connectivity index (χ1v) is 9.90. The Kier molecular flexibility index (Phi) is 5.59. The summed E-state index contributed by atoms with van der Waals surface area (Å²) in [4.78, 5) is 14.3. The van der Waals surface area contributed by atoms with Crippen molar-refractivity contribution in [3.63, 3.8) is 0 Å². The number of likely N-dealkylation sites (tertiary alicyclic amines) is 1. The number of nitriles is 1. The third kappa shape index (κ3) is 4.18. The minimum atomic E-state index is -0.229. The van der Waals surface area contributed by atoms with Crippen molar-refractivity contribution >= 4 is 5.91 Å². The summed E-state index contributed by atoms with van der Waals surface area (Å²) in [5.41, 5.74) is 2.83. The second kappa shape index (κ2) is 8.45. The number of carbonyl (C=O) groups excluding carboxylic acids is 1. The molecule has 2 fully saturated rings. The molecule has 0 saturated carbocycles. The molecule has 2 saturated heterocycles. The zero-order valence-corrected chi connectivity index (χ0v) is 15.8. The lowest BCUT2D eigenvalue weighted by molar-refractivity contribution is -0.142. The molecule has 2 aromatic carbocycles. The normalized spacial score (nSPS) is 20.0. The van der Waals surface area contributed by atoms with Gasteiger partial charge in [-0.15, -0.1) is 0 Å². The van der Waals surface area contributed by atoms with Crippen LogP contribution in [0.3, 0.4) is 0 Å². The molecule has 5 heteroatoms. The molecule has 0 aromatic heterocycles. The molecule has 0 bridgehead atoms. The number of ether oxygens (including phenoxy) is 2. The van der Waals surface area contributed by atoms with E-state index in [1.165, 1.54) is 0 Å². The summed E-state index contributed by atoms with van der Waals surface area (Å²) in [5.74, 6) is 0.990. The molecular formula is C23H24N2O3. The van der Waals surface area contributed by atoms with E-state index in [1.54, 1.807) is 0 Å². The molecule has 2 aromatic rings. The van der Waals surface area contributed by atoms with Crippen LogP contribution in [0.5, 0.6) is 5.75 Å². The van der Waals surface area contributed by atoms with Crippen LogP contribution in [0.1, 0.15) is 31.2 Å². The van der Waals surface area contributed by atoms with Crippen LogP contribution in [0.25, 0.3) is 11.1 Å². The summed E-state index contributed by atoms with van der Waals surface area (Å²) >= 11 is 0. The number of hydrogen-bond acceptors (Lipinski definition) is 4. The Balaban J connectivity index is 1.30. The summed E-state index contributed by atoms with van der Waals surface area (Å²) in [6.45, 7) is 2.16. The lowest BCUT2D eigenvalue weighted by Crippen LogP contribution is -2.45. The molecule has 2 aliphatic rings. The van der Waals surface area contributed by atoms with E-state index in [9.17, 15) is 4.79 Å². The fourth-order valence-corrected chi connectivity index (χ4v) is 3.83. The van der Waals surface area contributed by atoms with E-state index in [1.807, 2.05) is 53.4 Å². The number of hydrogen-bond donors (Lipinski definition) is 0. The van der Waals surface area contributed by atoms with Crippen LogP contribution in [-0.4, -0.2) is 42.7 Å². The van der Waals surface area contributed by atoms with Gasteiger partial charge in [-0.3, -0.25) is 4.79 Å². The second-order valence-electron chi connectivity index (χ2n) is 7.36. The van der Waals surface area contributed by atoms with Gasteiger partial charge in [-0.1, -0.05) is 24.3 Å². The maximum atomic E-state index is 12.4. The van der Waals surface area contributed by atoms with E-state index >= 15 is 0 Å². The summed E-state index contributed by atoms with van der Waals surface area (Å²) in [6.07, 6.45) is 3.42. The van der Waals surface area contributed by atoms with Gasteiger partial charge in [0.15, 0.2) is 0 Å². The molecule has 28 heavy (non-hydrogen) atoms. The fraction of sp³-hybridized carbons (Fsp3) is 0.391. The van der Waals surface area contributed by atoms with E-state index in [2.05, 4.69) is 6.07 Å². The van der Waals surface area contributed by atoms with Gasteiger partial charge in [0.25, 0.3) is 5.91 Å². The quantitative estimate of drug-likeness (QED) is 0.815. The van der Waals surface area contributed by atoms with Gasteiger partial charge in [0.05, 0.1) is 11.6 Å². The van der Waals surface area contributed by atoms with Crippen molar-refractivity contribution in [3.8, 4) is 22.9 Å². The van der Waals surface area contributed by atoms with Gasteiger partial charge in [-0.05, 0) is 48.2 Å². The van der Waals surface area contributed by atoms with Gasteiger partial charge in [0.1, 0.15) is 18.0 Å². The summed E-state index contributed by atoms with van der Waals surface area (Å²) < 4.78 is 11.6. The number of benzene rings is 2. The van der Waals surface area contributed by atoms with Crippen molar-refractivity contribution in [2.45, 2.75) is 37.9 Å². The van der Waals surface area contributed by atoms with Gasteiger partial charge < -0.3 is 14.4 Å². The topological polar surface area (TPSA) is 62.6 Å².